The van der Waals surface area contributed by atoms with Crippen LogP contribution in [0.5, 0.6) is 0 Å². The van der Waals surface area contributed by atoms with E-state index in [0.717, 1.165) is 19.2 Å². The van der Waals surface area contributed by atoms with Gasteiger partial charge in [0.2, 0.25) is 5.91 Å². The maximum atomic E-state index is 13.2. The van der Waals surface area contributed by atoms with Crippen LogP contribution in [-0.4, -0.2) is 30.4 Å². The van der Waals surface area contributed by atoms with Crippen LogP contribution in [0.15, 0.2) is 42.5 Å². The van der Waals surface area contributed by atoms with Crippen molar-refractivity contribution in [3.8, 4) is 0 Å². The molecule has 2 aromatic carbocycles. The lowest BCUT2D eigenvalue weighted by atomic mass is 9.94. The Bertz CT molecular complexity index is 816. The molecule has 2 aliphatic rings. The Morgan fingerprint density at radius 1 is 1.19 bits per heavy atom. The van der Waals surface area contributed by atoms with Gasteiger partial charge in [-0.05, 0) is 42.5 Å². The normalized spacial score (nSPS) is 24.3. The smallest absolute Gasteiger partial charge is 0.234 e. The minimum absolute atomic E-state index is 0.116. The summed E-state index contributed by atoms with van der Waals surface area (Å²) in [5, 5.41) is 2.76. The summed E-state index contributed by atoms with van der Waals surface area (Å²) in [5.41, 5.74) is 3.26. The predicted octanol–water partition coefficient (Wildman–Crippen LogP) is 3.16. The minimum atomic E-state index is -0.631. The fraction of sp³-hybridized carbons (Fsp3) is 0.381. The number of aryl methyl sites for hydroxylation is 1. The first-order valence-electron chi connectivity index (χ1n) is 8.96. The van der Waals surface area contributed by atoms with Crippen molar-refractivity contribution in [3.63, 3.8) is 0 Å². The highest BCUT2D eigenvalue weighted by molar-refractivity contribution is 5.78. The molecular formula is C21H22F2N2O. The molecule has 136 valence electrons. The van der Waals surface area contributed by atoms with E-state index in [1.165, 1.54) is 29.7 Å². The predicted molar refractivity (Wildman–Crippen MR) is 95.6 cm³/mol. The van der Waals surface area contributed by atoms with Crippen LogP contribution in [0.3, 0.4) is 0 Å². The van der Waals surface area contributed by atoms with E-state index in [0.29, 0.717) is 18.0 Å². The lowest BCUT2D eigenvalue weighted by Crippen LogP contribution is -2.37. The maximum absolute atomic E-state index is 13.2. The van der Waals surface area contributed by atoms with Crippen LogP contribution in [0.2, 0.25) is 0 Å². The summed E-state index contributed by atoms with van der Waals surface area (Å²) in [6, 6.07) is 12.0. The number of rotatable bonds is 5. The van der Waals surface area contributed by atoms with E-state index < -0.39 is 11.6 Å². The van der Waals surface area contributed by atoms with Crippen molar-refractivity contribution in [1.29, 1.82) is 0 Å². The Morgan fingerprint density at radius 3 is 2.58 bits per heavy atom. The number of fused-ring (bicyclic) bond motifs is 1. The highest BCUT2D eigenvalue weighted by Crippen LogP contribution is 2.58. The molecule has 3 nitrogen and oxygen atoms in total. The van der Waals surface area contributed by atoms with Gasteiger partial charge in [-0.3, -0.25) is 9.69 Å². The highest BCUT2D eigenvalue weighted by Gasteiger charge is 2.60. The number of piperidine rings is 1. The number of likely N-dealkylation sites (tertiary alicyclic amines) is 1. The monoisotopic (exact) mass is 356 g/mol. The summed E-state index contributed by atoms with van der Waals surface area (Å²) in [7, 11) is 0. The lowest BCUT2D eigenvalue weighted by molar-refractivity contribution is -0.122. The Kier molecular flexibility index (Phi) is 4.27. The van der Waals surface area contributed by atoms with Gasteiger partial charge in [0.15, 0.2) is 0 Å². The quantitative estimate of drug-likeness (QED) is 0.893. The zero-order valence-electron chi connectivity index (χ0n) is 14.8. The first-order chi connectivity index (χ1) is 12.4. The van der Waals surface area contributed by atoms with Crippen molar-refractivity contribution >= 4 is 5.91 Å². The van der Waals surface area contributed by atoms with Gasteiger partial charge in [0.05, 0.1) is 6.54 Å². The molecule has 26 heavy (non-hydrogen) atoms. The number of nitrogens with one attached hydrogen (secondary N) is 1. The van der Waals surface area contributed by atoms with Crippen molar-refractivity contribution in [2.75, 3.05) is 19.6 Å². The highest BCUT2D eigenvalue weighted by atomic mass is 19.1. The zero-order valence-corrected chi connectivity index (χ0v) is 14.8. The maximum Gasteiger partial charge on any atom is 0.234 e. The van der Waals surface area contributed by atoms with Gasteiger partial charge in [-0.25, -0.2) is 8.78 Å². The van der Waals surface area contributed by atoms with Gasteiger partial charge in [-0.1, -0.05) is 29.8 Å². The molecule has 1 N–H and O–H groups in total. The summed E-state index contributed by atoms with van der Waals surface area (Å²) < 4.78 is 26.4. The molecule has 2 fully saturated rings. The molecule has 4 rings (SSSR count). The molecule has 2 atom stereocenters. The van der Waals surface area contributed by atoms with E-state index in [9.17, 15) is 13.6 Å². The molecule has 1 heterocycles. The van der Waals surface area contributed by atoms with E-state index in [-0.39, 0.29) is 17.9 Å². The number of carbonyl (C=O) groups excluding carboxylic acids is 1. The van der Waals surface area contributed by atoms with Crippen LogP contribution < -0.4 is 5.32 Å². The average molecular weight is 356 g/mol. The molecule has 5 heteroatoms. The van der Waals surface area contributed by atoms with Crippen molar-refractivity contribution in [2.24, 2.45) is 5.92 Å². The SMILES string of the molecule is Cc1ccc(C23CC2CN(CC(=O)NCc2cc(F)cc(F)c2)C3)cc1. The van der Waals surface area contributed by atoms with Crippen LogP contribution in [-0.2, 0) is 16.8 Å². The molecule has 0 aromatic heterocycles. The summed E-state index contributed by atoms with van der Waals surface area (Å²) in [6.07, 6.45) is 1.19. The van der Waals surface area contributed by atoms with Gasteiger partial charge >= 0.3 is 0 Å². The minimum Gasteiger partial charge on any atom is -0.351 e. The summed E-state index contributed by atoms with van der Waals surface area (Å²) in [4.78, 5) is 14.4. The number of benzene rings is 2. The second-order valence-corrected chi connectivity index (χ2v) is 7.65. The number of hydrogen-bond acceptors (Lipinski definition) is 2. The van der Waals surface area contributed by atoms with Crippen LogP contribution >= 0.6 is 0 Å². The zero-order chi connectivity index (χ0) is 18.3. The fourth-order valence-corrected chi connectivity index (χ4v) is 4.21. The molecule has 1 aliphatic carbocycles. The van der Waals surface area contributed by atoms with Gasteiger partial charge in [0.1, 0.15) is 11.6 Å². The van der Waals surface area contributed by atoms with E-state index >= 15 is 0 Å². The van der Waals surface area contributed by atoms with Crippen LogP contribution in [0.25, 0.3) is 0 Å². The number of amides is 1. The Labute approximate surface area is 152 Å². The van der Waals surface area contributed by atoms with Crippen molar-refractivity contribution in [1.82, 2.24) is 10.2 Å². The van der Waals surface area contributed by atoms with E-state index in [4.69, 9.17) is 0 Å². The number of hydrogen-bond donors (Lipinski definition) is 1. The summed E-state index contributed by atoms with van der Waals surface area (Å²) >= 11 is 0. The van der Waals surface area contributed by atoms with Crippen LogP contribution in [0.4, 0.5) is 8.78 Å². The van der Waals surface area contributed by atoms with Gasteiger partial charge in [0, 0.05) is 31.1 Å². The second-order valence-electron chi connectivity index (χ2n) is 7.65. The van der Waals surface area contributed by atoms with Crippen LogP contribution in [0, 0.1) is 24.5 Å². The van der Waals surface area contributed by atoms with Crippen molar-refractivity contribution in [2.45, 2.75) is 25.3 Å². The molecule has 0 bridgehead atoms. The summed E-state index contributed by atoms with van der Waals surface area (Å²) in [5.74, 6) is -0.756. The third-order valence-electron chi connectivity index (χ3n) is 5.62. The topological polar surface area (TPSA) is 32.3 Å². The molecule has 0 spiro atoms. The molecular weight excluding hydrogens is 334 g/mol. The van der Waals surface area contributed by atoms with E-state index in [2.05, 4.69) is 41.4 Å². The third kappa shape index (κ3) is 3.36. The van der Waals surface area contributed by atoms with Gasteiger partial charge < -0.3 is 5.32 Å². The molecule has 1 saturated heterocycles. The first-order valence-corrected chi connectivity index (χ1v) is 8.96. The number of nitrogens with zero attached hydrogens (tertiary/aromatic N) is 1. The van der Waals surface area contributed by atoms with E-state index in [1.54, 1.807) is 0 Å². The second kappa shape index (κ2) is 6.47. The molecule has 2 unspecified atom stereocenters. The Morgan fingerprint density at radius 2 is 1.88 bits per heavy atom. The van der Waals surface area contributed by atoms with Crippen molar-refractivity contribution < 1.29 is 13.6 Å². The molecule has 1 amide bonds. The molecule has 2 aromatic rings. The Hall–Kier alpha value is -2.27. The molecule has 1 aliphatic heterocycles. The van der Waals surface area contributed by atoms with Crippen molar-refractivity contribution in [3.05, 3.63) is 70.8 Å². The standard InChI is InChI=1S/C21H22F2N2O/c1-14-2-4-16(5-3-14)21-9-17(21)11-25(13-21)12-20(26)24-10-15-6-18(22)8-19(23)7-15/h2-8,17H,9-13H2,1H3,(H,24,26). The van der Waals surface area contributed by atoms with Crippen LogP contribution in [0.1, 0.15) is 23.1 Å². The average Bonchev–Trinajstić information content (AvgIpc) is 3.15. The molecule has 1 saturated carbocycles. The largest absolute Gasteiger partial charge is 0.351 e. The lowest BCUT2D eigenvalue weighted by Gasteiger charge is -2.20. The molecule has 0 radical (unpaired) electrons. The van der Waals surface area contributed by atoms with Gasteiger partial charge in [-0.15, -0.1) is 0 Å². The first kappa shape index (κ1) is 17.2. The third-order valence-corrected chi connectivity index (χ3v) is 5.62. The number of halogens is 2. The summed E-state index contributed by atoms with van der Waals surface area (Å²) in [6.45, 7) is 4.36. The van der Waals surface area contributed by atoms with Gasteiger partial charge in [0.25, 0.3) is 0 Å². The van der Waals surface area contributed by atoms with E-state index in [1.807, 2.05) is 0 Å². The Balaban J connectivity index is 1.31. The van der Waals surface area contributed by atoms with Gasteiger partial charge in [-0.2, -0.15) is 0 Å². The fourth-order valence-electron chi connectivity index (χ4n) is 4.21. The number of carbonyl (C=O) groups is 1.